The Morgan fingerprint density at radius 2 is 1.76 bits per heavy atom. The summed E-state index contributed by atoms with van der Waals surface area (Å²) in [6, 6.07) is 10.5. The van der Waals surface area contributed by atoms with Crippen LogP contribution in [0, 0.1) is 25.7 Å². The normalized spacial score (nSPS) is 20.7. The van der Waals surface area contributed by atoms with Crippen LogP contribution >= 0.6 is 0 Å². The molecule has 2 aliphatic heterocycles. The maximum Gasteiger partial charge on any atom is 0.227 e. The first-order valence-corrected chi connectivity index (χ1v) is 11.0. The first-order chi connectivity index (χ1) is 14.0. The van der Waals surface area contributed by atoms with Crippen molar-refractivity contribution in [3.63, 3.8) is 0 Å². The van der Waals surface area contributed by atoms with E-state index in [0.717, 1.165) is 74.9 Å². The molecule has 1 aromatic heterocycles. The van der Waals surface area contributed by atoms with Gasteiger partial charge < -0.3 is 9.80 Å². The van der Waals surface area contributed by atoms with Crippen molar-refractivity contribution in [2.45, 2.75) is 46.5 Å². The zero-order valence-corrected chi connectivity index (χ0v) is 17.9. The molecule has 5 nitrogen and oxygen atoms in total. The molecule has 0 aliphatic carbocycles. The van der Waals surface area contributed by atoms with Crippen molar-refractivity contribution in [2.75, 3.05) is 31.1 Å². The van der Waals surface area contributed by atoms with Crippen molar-refractivity contribution in [2.24, 2.45) is 11.8 Å². The molecule has 0 bridgehead atoms. The van der Waals surface area contributed by atoms with E-state index in [0.29, 0.717) is 5.91 Å². The van der Waals surface area contributed by atoms with Gasteiger partial charge in [0.25, 0.3) is 0 Å². The highest BCUT2D eigenvalue weighted by atomic mass is 16.2. The van der Waals surface area contributed by atoms with Gasteiger partial charge in [-0.1, -0.05) is 19.1 Å². The molecule has 4 rings (SSSR count). The SMILES string of the molecule is Cc1ccc(-c2ccc(N3CCCC(C(=O)N4CCC(C)CC4)C3)nn2)cc1C. The maximum atomic E-state index is 13.0. The van der Waals surface area contributed by atoms with Crippen LogP contribution in [-0.4, -0.2) is 47.2 Å². The summed E-state index contributed by atoms with van der Waals surface area (Å²) < 4.78 is 0. The topological polar surface area (TPSA) is 49.3 Å². The summed E-state index contributed by atoms with van der Waals surface area (Å²) in [4.78, 5) is 17.3. The van der Waals surface area contributed by atoms with Crippen molar-refractivity contribution in [3.8, 4) is 11.3 Å². The van der Waals surface area contributed by atoms with E-state index in [1.165, 1.54) is 11.1 Å². The van der Waals surface area contributed by atoms with E-state index in [4.69, 9.17) is 0 Å². The quantitative estimate of drug-likeness (QED) is 0.784. The molecule has 29 heavy (non-hydrogen) atoms. The van der Waals surface area contributed by atoms with Crippen LogP contribution in [0.3, 0.4) is 0 Å². The molecular formula is C24H32N4O. The van der Waals surface area contributed by atoms with Gasteiger partial charge in [0.05, 0.1) is 11.6 Å². The van der Waals surface area contributed by atoms with E-state index in [-0.39, 0.29) is 5.92 Å². The number of hydrogen-bond donors (Lipinski definition) is 0. The highest BCUT2D eigenvalue weighted by molar-refractivity contribution is 5.80. The summed E-state index contributed by atoms with van der Waals surface area (Å²) in [5.74, 6) is 2.04. The van der Waals surface area contributed by atoms with Crippen LogP contribution in [0.5, 0.6) is 0 Å². The predicted octanol–water partition coefficient (Wildman–Crippen LogP) is 4.24. The summed E-state index contributed by atoms with van der Waals surface area (Å²) in [6.45, 7) is 10.0. The van der Waals surface area contributed by atoms with Crippen LogP contribution in [-0.2, 0) is 4.79 Å². The standard InChI is InChI=1S/C24H32N4O/c1-17-10-13-27(14-11-17)24(29)21-5-4-12-28(16-21)23-9-8-22(25-26-23)20-7-6-18(2)19(3)15-20/h6-9,15,17,21H,4-5,10-14,16H2,1-3H3. The molecule has 1 aromatic carbocycles. The number of nitrogens with zero attached hydrogens (tertiary/aromatic N) is 4. The van der Waals surface area contributed by atoms with Crippen LogP contribution < -0.4 is 4.90 Å². The van der Waals surface area contributed by atoms with Crippen LogP contribution in [0.1, 0.15) is 43.7 Å². The van der Waals surface area contributed by atoms with Crippen LogP contribution in [0.25, 0.3) is 11.3 Å². The Morgan fingerprint density at radius 3 is 2.45 bits per heavy atom. The molecule has 2 fully saturated rings. The van der Waals surface area contributed by atoms with Gasteiger partial charge >= 0.3 is 0 Å². The first kappa shape index (κ1) is 19.9. The van der Waals surface area contributed by atoms with E-state index < -0.39 is 0 Å². The van der Waals surface area contributed by atoms with E-state index >= 15 is 0 Å². The molecule has 1 amide bonds. The number of likely N-dealkylation sites (tertiary alicyclic amines) is 1. The lowest BCUT2D eigenvalue weighted by atomic mass is 9.93. The van der Waals surface area contributed by atoms with Gasteiger partial charge in [-0.2, -0.15) is 0 Å². The predicted molar refractivity (Wildman–Crippen MR) is 117 cm³/mol. The van der Waals surface area contributed by atoms with Gasteiger partial charge in [0.1, 0.15) is 0 Å². The Morgan fingerprint density at radius 1 is 0.966 bits per heavy atom. The monoisotopic (exact) mass is 392 g/mol. The van der Waals surface area contributed by atoms with Gasteiger partial charge in [0, 0.05) is 31.7 Å². The van der Waals surface area contributed by atoms with Gasteiger partial charge in [0.15, 0.2) is 5.82 Å². The Hall–Kier alpha value is -2.43. The molecule has 0 N–H and O–H groups in total. The van der Waals surface area contributed by atoms with Crippen molar-refractivity contribution in [1.82, 2.24) is 15.1 Å². The minimum atomic E-state index is 0.0818. The van der Waals surface area contributed by atoms with Crippen LogP contribution in [0.2, 0.25) is 0 Å². The van der Waals surface area contributed by atoms with Gasteiger partial charge in [-0.05, 0) is 74.8 Å². The zero-order valence-electron chi connectivity index (χ0n) is 17.9. The average molecular weight is 393 g/mol. The Kier molecular flexibility index (Phi) is 5.84. The van der Waals surface area contributed by atoms with Crippen molar-refractivity contribution in [3.05, 3.63) is 41.5 Å². The van der Waals surface area contributed by atoms with E-state index in [2.05, 4.69) is 59.0 Å². The van der Waals surface area contributed by atoms with E-state index in [9.17, 15) is 4.79 Å². The number of anilines is 1. The Labute approximate surface area is 174 Å². The van der Waals surface area contributed by atoms with Gasteiger partial charge in [-0.15, -0.1) is 10.2 Å². The van der Waals surface area contributed by atoms with Gasteiger partial charge in [-0.3, -0.25) is 4.79 Å². The number of rotatable bonds is 3. The minimum absolute atomic E-state index is 0.0818. The third-order valence-electron chi connectivity index (χ3n) is 6.64. The number of hydrogen-bond acceptors (Lipinski definition) is 4. The smallest absolute Gasteiger partial charge is 0.227 e. The second-order valence-electron chi connectivity index (χ2n) is 8.87. The third-order valence-corrected chi connectivity index (χ3v) is 6.64. The lowest BCUT2D eigenvalue weighted by Gasteiger charge is -2.37. The summed E-state index contributed by atoms with van der Waals surface area (Å²) in [6.07, 6.45) is 4.28. The first-order valence-electron chi connectivity index (χ1n) is 11.0. The highest BCUT2D eigenvalue weighted by Gasteiger charge is 2.31. The Bertz CT molecular complexity index is 856. The van der Waals surface area contributed by atoms with E-state index in [1.54, 1.807) is 0 Å². The number of aromatic nitrogens is 2. The lowest BCUT2D eigenvalue weighted by Crippen LogP contribution is -2.47. The summed E-state index contributed by atoms with van der Waals surface area (Å²) in [5.41, 5.74) is 4.53. The molecule has 3 heterocycles. The zero-order chi connectivity index (χ0) is 20.4. The molecule has 1 unspecified atom stereocenters. The summed E-state index contributed by atoms with van der Waals surface area (Å²) in [5, 5.41) is 8.97. The van der Waals surface area contributed by atoms with Gasteiger partial charge in [0.2, 0.25) is 5.91 Å². The molecule has 0 radical (unpaired) electrons. The number of benzene rings is 1. The van der Waals surface area contributed by atoms with Crippen LogP contribution in [0.4, 0.5) is 5.82 Å². The number of carbonyl (C=O) groups excluding carboxylic acids is 1. The lowest BCUT2D eigenvalue weighted by molar-refractivity contribution is -0.137. The molecule has 2 aromatic rings. The second kappa shape index (κ2) is 8.52. The number of amides is 1. The summed E-state index contributed by atoms with van der Waals surface area (Å²) >= 11 is 0. The van der Waals surface area contributed by atoms with Crippen molar-refractivity contribution < 1.29 is 4.79 Å². The molecule has 0 saturated carbocycles. The molecular weight excluding hydrogens is 360 g/mol. The molecule has 0 spiro atoms. The summed E-state index contributed by atoms with van der Waals surface area (Å²) in [7, 11) is 0. The molecule has 2 saturated heterocycles. The maximum absolute atomic E-state index is 13.0. The average Bonchev–Trinajstić information content (AvgIpc) is 2.76. The second-order valence-corrected chi connectivity index (χ2v) is 8.87. The molecule has 5 heteroatoms. The van der Waals surface area contributed by atoms with Crippen LogP contribution in [0.15, 0.2) is 30.3 Å². The molecule has 2 aliphatic rings. The van der Waals surface area contributed by atoms with Crippen molar-refractivity contribution >= 4 is 11.7 Å². The van der Waals surface area contributed by atoms with Gasteiger partial charge in [-0.25, -0.2) is 0 Å². The Balaban J connectivity index is 1.43. The largest absolute Gasteiger partial charge is 0.354 e. The molecule has 1 atom stereocenters. The fourth-order valence-electron chi connectivity index (χ4n) is 4.42. The number of carbonyl (C=O) groups is 1. The van der Waals surface area contributed by atoms with E-state index in [1.807, 2.05) is 12.1 Å². The highest BCUT2D eigenvalue weighted by Crippen LogP contribution is 2.26. The fraction of sp³-hybridized carbons (Fsp3) is 0.542. The number of piperidine rings is 2. The fourth-order valence-corrected chi connectivity index (χ4v) is 4.42. The van der Waals surface area contributed by atoms with Crippen molar-refractivity contribution in [1.29, 1.82) is 0 Å². The number of aryl methyl sites for hydroxylation is 2. The minimum Gasteiger partial charge on any atom is -0.354 e. The third kappa shape index (κ3) is 4.44. The molecule has 154 valence electrons.